The Bertz CT molecular complexity index is 1050. The monoisotopic (exact) mass is 431 g/mol. The molecule has 1 aliphatic heterocycles. The van der Waals surface area contributed by atoms with E-state index in [0.29, 0.717) is 32.7 Å². The number of hydrogen-bond acceptors (Lipinski definition) is 5. The molecule has 0 amide bonds. The van der Waals surface area contributed by atoms with Crippen LogP contribution in [-0.2, 0) is 22.3 Å². The van der Waals surface area contributed by atoms with Gasteiger partial charge in [0.25, 0.3) is 0 Å². The van der Waals surface area contributed by atoms with E-state index in [1.165, 1.54) is 12.1 Å². The molecule has 29 heavy (non-hydrogen) atoms. The largest absolute Gasteiger partial charge is 0.294 e. The van der Waals surface area contributed by atoms with Crippen molar-refractivity contribution in [2.75, 3.05) is 26.2 Å². The smallest absolute Gasteiger partial charge is 0.218 e. The van der Waals surface area contributed by atoms with Gasteiger partial charge in [0.1, 0.15) is 10.8 Å². The fourth-order valence-electron chi connectivity index (χ4n) is 3.37. The third kappa shape index (κ3) is 5.08. The minimum Gasteiger partial charge on any atom is -0.294 e. The number of rotatable bonds is 6. The summed E-state index contributed by atoms with van der Waals surface area (Å²) in [5, 5.41) is 2.95. The fourth-order valence-corrected chi connectivity index (χ4v) is 5.73. The lowest BCUT2D eigenvalue weighted by Gasteiger charge is -2.33. The molecule has 0 spiro atoms. The lowest BCUT2D eigenvalue weighted by molar-refractivity contribution is 0.181. The second-order valence-corrected chi connectivity index (χ2v) is 9.96. The molecule has 0 N–H and O–H groups in total. The maximum absolute atomic E-state index is 13.1. The lowest BCUT2D eigenvalue weighted by atomic mass is 10.2. The summed E-state index contributed by atoms with van der Waals surface area (Å²) >= 11 is 1.57. The first-order chi connectivity index (χ1) is 14.0. The first-order valence-electron chi connectivity index (χ1n) is 9.44. The molecule has 1 aromatic heterocycles. The minimum absolute atomic E-state index is 0.0430. The summed E-state index contributed by atoms with van der Waals surface area (Å²) < 4.78 is 40.0. The van der Waals surface area contributed by atoms with Gasteiger partial charge in [0.2, 0.25) is 10.0 Å². The summed E-state index contributed by atoms with van der Waals surface area (Å²) in [6.07, 6.45) is 0. The van der Waals surface area contributed by atoms with Crippen molar-refractivity contribution in [3.63, 3.8) is 0 Å². The molecule has 1 fully saturated rings. The van der Waals surface area contributed by atoms with E-state index in [2.05, 4.69) is 9.88 Å². The summed E-state index contributed by atoms with van der Waals surface area (Å²) in [6.45, 7) is 3.04. The highest BCUT2D eigenvalue weighted by Crippen LogP contribution is 2.23. The zero-order chi connectivity index (χ0) is 20.3. The number of piperazine rings is 1. The van der Waals surface area contributed by atoms with E-state index in [9.17, 15) is 12.8 Å². The number of benzene rings is 2. The molecule has 3 aromatic rings. The number of nitrogens with zero attached hydrogens (tertiary/aromatic N) is 3. The summed E-state index contributed by atoms with van der Waals surface area (Å²) in [5.74, 6) is -0.217. The van der Waals surface area contributed by atoms with Gasteiger partial charge in [-0.1, -0.05) is 30.3 Å². The van der Waals surface area contributed by atoms with E-state index >= 15 is 0 Å². The zero-order valence-electron chi connectivity index (χ0n) is 15.9. The van der Waals surface area contributed by atoms with Gasteiger partial charge in [0, 0.05) is 37.1 Å². The maximum Gasteiger partial charge on any atom is 0.218 e. The number of thiazole rings is 1. The van der Waals surface area contributed by atoms with E-state index in [4.69, 9.17) is 0 Å². The van der Waals surface area contributed by atoms with Crippen LogP contribution in [-0.4, -0.2) is 48.8 Å². The highest BCUT2D eigenvalue weighted by Gasteiger charge is 2.27. The molecule has 152 valence electrons. The molecule has 4 rings (SSSR count). The zero-order valence-corrected chi connectivity index (χ0v) is 17.5. The molecule has 0 unspecified atom stereocenters. The Kier molecular flexibility index (Phi) is 6.05. The highest BCUT2D eigenvalue weighted by molar-refractivity contribution is 7.88. The topological polar surface area (TPSA) is 53.5 Å². The molecule has 1 aliphatic rings. The summed E-state index contributed by atoms with van der Waals surface area (Å²) in [6, 6.07) is 15.6. The van der Waals surface area contributed by atoms with Gasteiger partial charge in [-0.3, -0.25) is 4.90 Å². The van der Waals surface area contributed by atoms with Crippen LogP contribution in [0.4, 0.5) is 4.39 Å². The Balaban J connectivity index is 1.33. The second-order valence-electron chi connectivity index (χ2n) is 7.05. The van der Waals surface area contributed by atoms with Crippen LogP contribution in [0.25, 0.3) is 11.3 Å². The van der Waals surface area contributed by atoms with Crippen LogP contribution in [0.1, 0.15) is 10.6 Å². The van der Waals surface area contributed by atoms with E-state index in [1.807, 2.05) is 35.7 Å². The van der Waals surface area contributed by atoms with Crippen molar-refractivity contribution in [2.45, 2.75) is 12.3 Å². The Morgan fingerprint density at radius 2 is 1.66 bits per heavy atom. The Hall–Kier alpha value is -2.13. The summed E-state index contributed by atoms with van der Waals surface area (Å²) in [5.41, 5.74) is 2.55. The summed E-state index contributed by atoms with van der Waals surface area (Å²) in [7, 11) is -3.31. The molecule has 0 aliphatic carbocycles. The van der Waals surface area contributed by atoms with E-state index in [-0.39, 0.29) is 11.6 Å². The second kappa shape index (κ2) is 8.71. The van der Waals surface area contributed by atoms with Crippen molar-refractivity contribution >= 4 is 21.4 Å². The van der Waals surface area contributed by atoms with Gasteiger partial charge in [0.15, 0.2) is 0 Å². The van der Waals surface area contributed by atoms with Gasteiger partial charge in [-0.25, -0.2) is 17.8 Å². The summed E-state index contributed by atoms with van der Waals surface area (Å²) in [4.78, 5) is 6.87. The lowest BCUT2D eigenvalue weighted by Crippen LogP contribution is -2.48. The quantitative estimate of drug-likeness (QED) is 0.599. The third-order valence-electron chi connectivity index (χ3n) is 4.97. The number of aromatic nitrogens is 1. The molecular formula is C21H22FN3O2S2. The van der Waals surface area contributed by atoms with Gasteiger partial charge in [-0.05, 0) is 29.8 Å². The highest BCUT2D eigenvalue weighted by atomic mass is 32.2. The molecule has 0 bridgehead atoms. The van der Waals surface area contributed by atoms with E-state index < -0.39 is 10.0 Å². The third-order valence-corrected chi connectivity index (χ3v) is 7.65. The molecule has 0 saturated carbocycles. The van der Waals surface area contributed by atoms with Crippen LogP contribution in [0, 0.1) is 5.82 Å². The van der Waals surface area contributed by atoms with Crippen molar-refractivity contribution in [3.05, 3.63) is 76.4 Å². The van der Waals surface area contributed by atoms with Crippen LogP contribution in [0.2, 0.25) is 0 Å². The van der Waals surface area contributed by atoms with Crippen molar-refractivity contribution in [2.24, 2.45) is 0 Å². The number of hydrogen-bond donors (Lipinski definition) is 0. The first-order valence-corrected chi connectivity index (χ1v) is 11.9. The molecular weight excluding hydrogens is 409 g/mol. The number of sulfonamides is 1. The predicted octanol–water partition coefficient (Wildman–Crippen LogP) is 3.60. The van der Waals surface area contributed by atoms with Crippen molar-refractivity contribution in [1.29, 1.82) is 0 Å². The molecule has 0 radical (unpaired) electrons. The number of halogens is 1. The van der Waals surface area contributed by atoms with Gasteiger partial charge < -0.3 is 0 Å². The van der Waals surface area contributed by atoms with Crippen LogP contribution in [0.15, 0.2) is 60.0 Å². The molecule has 5 nitrogen and oxygen atoms in total. The van der Waals surface area contributed by atoms with Gasteiger partial charge in [-0.2, -0.15) is 4.31 Å². The van der Waals surface area contributed by atoms with Gasteiger partial charge >= 0.3 is 0 Å². The molecule has 2 aromatic carbocycles. The van der Waals surface area contributed by atoms with Crippen molar-refractivity contribution < 1.29 is 12.8 Å². The Morgan fingerprint density at radius 3 is 2.34 bits per heavy atom. The average Bonchev–Trinajstić information content (AvgIpc) is 3.18. The fraction of sp³-hybridized carbons (Fsp3) is 0.286. The average molecular weight is 432 g/mol. The maximum atomic E-state index is 13.1. The molecule has 2 heterocycles. The Labute approximate surface area is 174 Å². The Morgan fingerprint density at radius 1 is 0.966 bits per heavy atom. The van der Waals surface area contributed by atoms with Crippen LogP contribution in [0.5, 0.6) is 0 Å². The van der Waals surface area contributed by atoms with Crippen LogP contribution in [0.3, 0.4) is 0 Å². The van der Waals surface area contributed by atoms with Crippen molar-refractivity contribution in [3.8, 4) is 11.3 Å². The van der Waals surface area contributed by atoms with Gasteiger partial charge in [0.05, 0.1) is 18.0 Å². The van der Waals surface area contributed by atoms with Crippen LogP contribution >= 0.6 is 11.3 Å². The van der Waals surface area contributed by atoms with Gasteiger partial charge in [-0.15, -0.1) is 11.3 Å². The molecule has 1 saturated heterocycles. The molecule has 8 heteroatoms. The minimum atomic E-state index is -3.31. The normalized spacial score (nSPS) is 16.2. The van der Waals surface area contributed by atoms with Crippen LogP contribution < -0.4 is 0 Å². The van der Waals surface area contributed by atoms with E-state index in [0.717, 1.165) is 21.8 Å². The standard InChI is InChI=1S/C21H22FN3O2S2/c22-19-8-6-18(7-9-19)20-15-28-21(23-20)14-24-10-12-25(13-11-24)29(26,27)16-17-4-2-1-3-5-17/h1-9,15H,10-14,16H2. The first kappa shape index (κ1) is 20.2. The SMILES string of the molecule is O=S(=O)(Cc1ccccc1)N1CCN(Cc2nc(-c3ccc(F)cc3)cs2)CC1. The predicted molar refractivity (Wildman–Crippen MR) is 113 cm³/mol. The van der Waals surface area contributed by atoms with Crippen molar-refractivity contribution in [1.82, 2.24) is 14.2 Å². The van der Waals surface area contributed by atoms with E-state index in [1.54, 1.807) is 27.8 Å². The molecule has 0 atom stereocenters.